The summed E-state index contributed by atoms with van der Waals surface area (Å²) in [5.74, 6) is -0.133. The highest BCUT2D eigenvalue weighted by molar-refractivity contribution is 7.92. The number of rotatable bonds is 7. The molecule has 1 heterocycles. The number of ketones is 1. The fraction of sp³-hybridized carbons (Fsp3) is 0.286. The van der Waals surface area contributed by atoms with Crippen LogP contribution >= 0.6 is 0 Å². The number of benzene rings is 2. The van der Waals surface area contributed by atoms with Gasteiger partial charge in [-0.1, -0.05) is 13.3 Å². The average molecular weight is 403 g/mol. The second-order valence-corrected chi connectivity index (χ2v) is 8.76. The molecule has 2 aromatic carbocycles. The molecule has 0 unspecified atom stereocenters. The Bertz CT molecular complexity index is 1120. The van der Waals surface area contributed by atoms with Crippen LogP contribution in [-0.4, -0.2) is 27.5 Å². The van der Waals surface area contributed by atoms with Crippen LogP contribution in [0.4, 0.5) is 10.1 Å². The number of hydrogen-bond acceptors (Lipinski definition) is 4. The normalized spacial score (nSPS) is 11.7. The van der Waals surface area contributed by atoms with Gasteiger partial charge in [0.05, 0.1) is 17.5 Å². The predicted molar refractivity (Wildman–Crippen MR) is 108 cm³/mol. The number of aryl methyl sites for hydroxylation is 1. The summed E-state index contributed by atoms with van der Waals surface area (Å²) in [5, 5.41) is 0.549. The molecule has 0 aliphatic heterocycles. The second-order valence-electron chi connectivity index (χ2n) is 6.75. The molecule has 0 spiro atoms. The van der Waals surface area contributed by atoms with Gasteiger partial charge in [-0.3, -0.25) is 9.10 Å². The Hall–Kier alpha value is -2.67. The lowest BCUT2D eigenvalue weighted by Crippen LogP contribution is -2.24. The molecule has 0 saturated heterocycles. The van der Waals surface area contributed by atoms with Crippen LogP contribution in [0.3, 0.4) is 0 Å². The van der Waals surface area contributed by atoms with Crippen LogP contribution in [0.2, 0.25) is 0 Å². The molecule has 3 rings (SSSR count). The van der Waals surface area contributed by atoms with E-state index in [4.69, 9.17) is 4.42 Å². The fourth-order valence-corrected chi connectivity index (χ4v) is 3.53. The third kappa shape index (κ3) is 3.94. The molecule has 0 radical (unpaired) electrons. The van der Waals surface area contributed by atoms with Gasteiger partial charge in [0.15, 0.2) is 5.78 Å². The third-order valence-corrected chi connectivity index (χ3v) is 5.90. The van der Waals surface area contributed by atoms with Gasteiger partial charge in [0, 0.05) is 24.4 Å². The van der Waals surface area contributed by atoms with Crippen molar-refractivity contribution in [1.29, 1.82) is 0 Å². The number of sulfonamides is 1. The van der Waals surface area contributed by atoms with E-state index in [1.54, 1.807) is 18.2 Å². The molecule has 28 heavy (non-hydrogen) atoms. The SMILES string of the molecule is CCCCc1oc2ccc(N(C)S(C)(=O)=O)cc2c1C(=O)c1ccc(F)cc1. The minimum atomic E-state index is -3.45. The van der Waals surface area contributed by atoms with Gasteiger partial charge in [-0.05, 0) is 48.9 Å². The average Bonchev–Trinajstić information content (AvgIpc) is 3.02. The van der Waals surface area contributed by atoms with Gasteiger partial charge in [-0.25, -0.2) is 12.8 Å². The molecule has 0 saturated carbocycles. The van der Waals surface area contributed by atoms with Crippen molar-refractivity contribution < 1.29 is 22.0 Å². The first-order valence-electron chi connectivity index (χ1n) is 9.02. The first-order chi connectivity index (χ1) is 13.2. The number of fused-ring (bicyclic) bond motifs is 1. The second kappa shape index (κ2) is 7.75. The quantitative estimate of drug-likeness (QED) is 0.543. The molecule has 0 N–H and O–H groups in total. The van der Waals surface area contributed by atoms with Crippen molar-refractivity contribution in [1.82, 2.24) is 0 Å². The van der Waals surface area contributed by atoms with E-state index in [2.05, 4.69) is 0 Å². The van der Waals surface area contributed by atoms with Gasteiger partial charge in [-0.2, -0.15) is 0 Å². The maximum absolute atomic E-state index is 13.3. The van der Waals surface area contributed by atoms with E-state index in [0.29, 0.717) is 40.0 Å². The van der Waals surface area contributed by atoms with Crippen LogP contribution in [0.25, 0.3) is 11.0 Å². The number of anilines is 1. The lowest BCUT2D eigenvalue weighted by Gasteiger charge is -2.16. The minimum absolute atomic E-state index is 0.274. The molecule has 0 atom stereocenters. The number of carbonyl (C=O) groups excluding carboxylic acids is 1. The third-order valence-electron chi connectivity index (χ3n) is 4.70. The summed E-state index contributed by atoms with van der Waals surface area (Å²) in [7, 11) is -1.99. The summed E-state index contributed by atoms with van der Waals surface area (Å²) in [6.07, 6.45) is 3.48. The molecule has 3 aromatic rings. The summed E-state index contributed by atoms with van der Waals surface area (Å²) in [5.41, 5.74) is 1.70. The van der Waals surface area contributed by atoms with E-state index in [-0.39, 0.29) is 5.78 Å². The highest BCUT2D eigenvalue weighted by atomic mass is 32.2. The number of halogens is 1. The standard InChI is InChI=1S/C21H22FNO4S/c1-4-5-6-19-20(21(24)14-7-9-15(22)10-8-14)17-13-16(11-12-18(17)27-19)23(2)28(3,25)26/h7-13H,4-6H2,1-3H3. The first kappa shape index (κ1) is 20.1. The minimum Gasteiger partial charge on any atom is -0.460 e. The van der Waals surface area contributed by atoms with Crippen molar-refractivity contribution in [3.8, 4) is 0 Å². The summed E-state index contributed by atoms with van der Waals surface area (Å²) in [6, 6.07) is 10.3. The zero-order valence-corrected chi connectivity index (χ0v) is 16.8. The van der Waals surface area contributed by atoms with Crippen LogP contribution in [-0.2, 0) is 16.4 Å². The molecule has 148 valence electrons. The first-order valence-corrected chi connectivity index (χ1v) is 10.9. The largest absolute Gasteiger partial charge is 0.460 e. The van der Waals surface area contributed by atoms with Crippen LogP contribution < -0.4 is 4.31 Å². The van der Waals surface area contributed by atoms with Crippen LogP contribution in [0.1, 0.15) is 41.4 Å². The summed E-state index contributed by atoms with van der Waals surface area (Å²) in [6.45, 7) is 2.04. The van der Waals surface area contributed by atoms with E-state index in [1.807, 2.05) is 6.92 Å². The maximum Gasteiger partial charge on any atom is 0.231 e. The number of nitrogens with zero attached hydrogens (tertiary/aromatic N) is 1. The maximum atomic E-state index is 13.3. The van der Waals surface area contributed by atoms with E-state index < -0.39 is 15.8 Å². The monoisotopic (exact) mass is 403 g/mol. The molecular formula is C21H22FNO4S. The van der Waals surface area contributed by atoms with Crippen molar-refractivity contribution in [3.05, 3.63) is 65.2 Å². The Morgan fingerprint density at radius 2 is 1.82 bits per heavy atom. The summed E-state index contributed by atoms with van der Waals surface area (Å²) >= 11 is 0. The van der Waals surface area contributed by atoms with Crippen molar-refractivity contribution in [3.63, 3.8) is 0 Å². The lowest BCUT2D eigenvalue weighted by molar-refractivity contribution is 0.103. The number of furan rings is 1. The highest BCUT2D eigenvalue weighted by Gasteiger charge is 2.23. The van der Waals surface area contributed by atoms with E-state index in [9.17, 15) is 17.6 Å². The summed E-state index contributed by atoms with van der Waals surface area (Å²) < 4.78 is 44.1. The van der Waals surface area contributed by atoms with Gasteiger partial charge >= 0.3 is 0 Å². The van der Waals surface area contributed by atoms with Crippen LogP contribution in [0.5, 0.6) is 0 Å². The van der Waals surface area contributed by atoms with Gasteiger partial charge in [0.1, 0.15) is 17.2 Å². The number of hydrogen-bond donors (Lipinski definition) is 0. The zero-order chi connectivity index (χ0) is 20.5. The Labute approximate surface area is 163 Å². The number of unbranched alkanes of at least 4 members (excludes halogenated alkanes) is 1. The molecule has 7 heteroatoms. The Morgan fingerprint density at radius 3 is 2.43 bits per heavy atom. The predicted octanol–water partition coefficient (Wildman–Crippen LogP) is 4.54. The summed E-state index contributed by atoms with van der Waals surface area (Å²) in [4.78, 5) is 13.2. The molecular weight excluding hydrogens is 381 g/mol. The molecule has 1 aromatic heterocycles. The van der Waals surface area contributed by atoms with Gasteiger partial charge in [0.2, 0.25) is 10.0 Å². The van der Waals surface area contributed by atoms with Crippen molar-refractivity contribution >= 4 is 32.5 Å². The molecule has 0 aliphatic carbocycles. The zero-order valence-electron chi connectivity index (χ0n) is 16.0. The number of carbonyl (C=O) groups is 1. The smallest absolute Gasteiger partial charge is 0.231 e. The van der Waals surface area contributed by atoms with Crippen molar-refractivity contribution in [2.24, 2.45) is 0 Å². The van der Waals surface area contributed by atoms with Crippen LogP contribution in [0.15, 0.2) is 46.9 Å². The Balaban J connectivity index is 2.18. The topological polar surface area (TPSA) is 67.6 Å². The lowest BCUT2D eigenvalue weighted by atomic mass is 9.98. The Morgan fingerprint density at radius 1 is 1.14 bits per heavy atom. The van der Waals surface area contributed by atoms with Crippen molar-refractivity contribution in [2.45, 2.75) is 26.2 Å². The molecule has 0 bridgehead atoms. The molecule has 5 nitrogen and oxygen atoms in total. The molecule has 0 aliphatic rings. The van der Waals surface area contributed by atoms with E-state index in [1.165, 1.54) is 31.3 Å². The van der Waals surface area contributed by atoms with E-state index in [0.717, 1.165) is 23.4 Å². The molecule has 0 fully saturated rings. The van der Waals surface area contributed by atoms with Crippen LogP contribution in [0, 0.1) is 5.82 Å². The van der Waals surface area contributed by atoms with E-state index >= 15 is 0 Å². The fourth-order valence-electron chi connectivity index (χ4n) is 3.03. The van der Waals surface area contributed by atoms with Gasteiger partial charge in [0.25, 0.3) is 0 Å². The highest BCUT2D eigenvalue weighted by Crippen LogP contribution is 2.32. The Kier molecular flexibility index (Phi) is 5.56. The van der Waals surface area contributed by atoms with Crippen molar-refractivity contribution in [2.75, 3.05) is 17.6 Å². The van der Waals surface area contributed by atoms with Gasteiger partial charge in [-0.15, -0.1) is 0 Å². The van der Waals surface area contributed by atoms with Gasteiger partial charge < -0.3 is 4.42 Å². The molecule has 0 amide bonds.